The molecule has 1 N–H and O–H groups in total. The van der Waals surface area contributed by atoms with E-state index in [1.807, 2.05) is 6.92 Å². The van der Waals surface area contributed by atoms with Crippen LogP contribution in [0.15, 0.2) is 11.6 Å². The van der Waals surface area contributed by atoms with E-state index in [4.69, 9.17) is 0 Å². The van der Waals surface area contributed by atoms with Gasteiger partial charge in [0.15, 0.2) is 0 Å². The van der Waals surface area contributed by atoms with E-state index >= 15 is 0 Å². The van der Waals surface area contributed by atoms with Crippen LogP contribution in [0.3, 0.4) is 0 Å². The molecule has 10 rings (SSSR count). The summed E-state index contributed by atoms with van der Waals surface area (Å²) in [7, 11) is 0. The van der Waals surface area contributed by atoms with Crippen LogP contribution in [0, 0.1) is 0 Å². The first-order valence-corrected chi connectivity index (χ1v) is 14.4. The number of hydrogen-bond acceptors (Lipinski definition) is 1. The molecule has 0 bridgehead atoms. The molecule has 102 valence electrons. The molecule has 19 heavy (non-hydrogen) atoms. The Bertz CT molecular complexity index is 1000. The second-order valence-corrected chi connectivity index (χ2v) is 35.0. The molecule has 10 heterocycles. The Balaban J connectivity index is 1.32. The molecular weight excluding hydrogens is 278 g/mol. The van der Waals surface area contributed by atoms with E-state index in [0.29, 0.717) is 10.3 Å². The summed E-state index contributed by atoms with van der Waals surface area (Å²) in [4.78, 5) is 24.1. The molecule has 4 unspecified atom stereocenters. The number of rotatable bonds is 3. The van der Waals surface area contributed by atoms with Crippen molar-refractivity contribution in [3.8, 4) is 0 Å². The van der Waals surface area contributed by atoms with Gasteiger partial charge in [-0.15, -0.1) is 0 Å². The van der Waals surface area contributed by atoms with Crippen molar-refractivity contribution in [1.29, 1.82) is 0 Å². The van der Waals surface area contributed by atoms with Crippen LogP contribution in [0.1, 0.15) is 20.3 Å². The van der Waals surface area contributed by atoms with E-state index < -0.39 is 6.51 Å². The topological polar surface area (TPSA) is 29.1 Å². The fourth-order valence-corrected chi connectivity index (χ4v) is 90.2. The molecule has 0 aromatic carbocycles. The van der Waals surface area contributed by atoms with E-state index in [-0.39, 0.29) is 0 Å². The van der Waals surface area contributed by atoms with Gasteiger partial charge >= 0.3 is 102 Å². The molecule has 0 radical (unpaired) electrons. The second kappa shape index (κ2) is 0.660. The van der Waals surface area contributed by atoms with Crippen molar-refractivity contribution < 1.29 is 11.3 Å². The van der Waals surface area contributed by atoms with Crippen LogP contribution >= 0.6 is 0 Å². The predicted molar refractivity (Wildman–Crippen MR) is 68.7 cm³/mol. The summed E-state index contributed by atoms with van der Waals surface area (Å²) in [6.45, 7) is 1.08. The Labute approximate surface area is 102 Å². The third kappa shape index (κ3) is 0.0869. The summed E-state index contributed by atoms with van der Waals surface area (Å²) in [6, 6.07) is 0. The minimum atomic E-state index is -3.06. The van der Waals surface area contributed by atoms with Crippen LogP contribution in [-0.4, -0.2) is 10.3 Å². The van der Waals surface area contributed by atoms with Crippen molar-refractivity contribution in [2.45, 2.75) is 68.1 Å². The van der Waals surface area contributed by atoms with E-state index in [9.17, 15) is 4.79 Å². The minimum absolute atomic E-state index is 0.315. The average molecular weight is 297 g/mol. The Morgan fingerprint density at radius 1 is 1.11 bits per heavy atom. The molecule has 10 fully saturated rings. The maximum atomic E-state index is 12.6. The third-order valence-electron chi connectivity index (χ3n) is 15.9. The fourth-order valence-electron chi connectivity index (χ4n) is 17.2. The van der Waals surface area contributed by atoms with Gasteiger partial charge in [0.25, 0.3) is 0 Å². The molecule has 10 aliphatic heterocycles. The van der Waals surface area contributed by atoms with Gasteiger partial charge in [-0.1, -0.05) is 0 Å². The molecular formula is C16H19FeNO. The predicted octanol–water partition coefficient (Wildman–Crippen LogP) is 3.76. The second-order valence-electron chi connectivity index (χ2n) is 11.4. The summed E-state index contributed by atoms with van der Waals surface area (Å²) in [5.41, 5.74) is 0.985. The fraction of sp³-hybridized carbons (Fsp3) is 0.812. The Hall–Kier alpha value is -0.271. The Kier molecular flexibility index (Phi) is 0.266. The van der Waals surface area contributed by atoms with Crippen LogP contribution in [0.2, 0.25) is 43.3 Å². The van der Waals surface area contributed by atoms with Gasteiger partial charge in [-0.2, -0.15) is 0 Å². The van der Waals surface area contributed by atoms with Gasteiger partial charge in [-0.3, -0.25) is 0 Å². The van der Waals surface area contributed by atoms with Gasteiger partial charge in [0.1, 0.15) is 0 Å². The number of carbonyl (C=O) groups excluding carboxylic acids is 1. The van der Waals surface area contributed by atoms with Crippen LogP contribution < -0.4 is 5.32 Å². The quantitative estimate of drug-likeness (QED) is 0.624. The molecule has 1 amide bonds. The van der Waals surface area contributed by atoms with Gasteiger partial charge in [-0.25, -0.2) is 0 Å². The third-order valence-corrected chi connectivity index (χ3v) is 58.0. The van der Waals surface area contributed by atoms with E-state index in [2.05, 4.69) is 18.3 Å². The maximum absolute atomic E-state index is 12.6. The summed E-state index contributed by atoms with van der Waals surface area (Å²) in [5, 5.41) is 3.74. The molecule has 3 heteroatoms. The first-order chi connectivity index (χ1) is 8.91. The SMILES string of the molecule is CCC=C(C)C(=O)N[C]12[CH]3[CH]4[CH]5[CH]1[Fe]45321678[CH]2[CH]1[CH]6[CH]7[CH]28. The summed E-state index contributed by atoms with van der Waals surface area (Å²) < 4.78 is 0.555. The van der Waals surface area contributed by atoms with E-state index in [0.717, 1.165) is 12.0 Å². The number of nitrogens with one attached hydrogen (secondary N) is 1. The number of fused-ring (bicyclic) bond motifs is 10. The molecule has 10 aliphatic rings. The van der Waals surface area contributed by atoms with Gasteiger partial charge in [0.2, 0.25) is 0 Å². The number of carbonyl (C=O) groups is 1. The van der Waals surface area contributed by atoms with Crippen molar-refractivity contribution in [1.82, 2.24) is 5.32 Å². The Morgan fingerprint density at radius 2 is 1.63 bits per heavy atom. The molecule has 2 nitrogen and oxygen atoms in total. The van der Waals surface area contributed by atoms with Gasteiger partial charge in [-0.05, 0) is 0 Å². The van der Waals surface area contributed by atoms with Gasteiger partial charge in [0.05, 0.1) is 0 Å². The van der Waals surface area contributed by atoms with Crippen LogP contribution in [0.4, 0.5) is 0 Å². The molecule has 4 atom stereocenters. The monoisotopic (exact) mass is 297 g/mol. The number of allylic oxidation sites excluding steroid dienone is 1. The van der Waals surface area contributed by atoms with Gasteiger partial charge < -0.3 is 0 Å². The van der Waals surface area contributed by atoms with Crippen molar-refractivity contribution in [2.24, 2.45) is 0 Å². The molecule has 10 saturated heterocycles. The summed E-state index contributed by atoms with van der Waals surface area (Å²) >= 11 is 0. The van der Waals surface area contributed by atoms with Crippen LogP contribution in [0.5, 0.6) is 0 Å². The average Bonchev–Trinajstić information content (AvgIpc) is 3.33. The van der Waals surface area contributed by atoms with E-state index in [1.165, 1.54) is 43.3 Å². The van der Waals surface area contributed by atoms with Gasteiger partial charge in [0, 0.05) is 0 Å². The zero-order valence-electron chi connectivity index (χ0n) is 11.2. The molecule has 1 spiro atoms. The number of amides is 1. The van der Waals surface area contributed by atoms with Crippen LogP contribution in [-0.2, 0) is 11.3 Å². The zero-order chi connectivity index (χ0) is 12.3. The molecule has 0 aliphatic carbocycles. The zero-order valence-corrected chi connectivity index (χ0v) is 12.3. The van der Waals surface area contributed by atoms with Crippen molar-refractivity contribution in [2.75, 3.05) is 0 Å². The van der Waals surface area contributed by atoms with Crippen molar-refractivity contribution in [3.05, 3.63) is 11.6 Å². The first kappa shape index (κ1) is 7.66. The molecule has 0 saturated carbocycles. The number of hydrogen-bond donors (Lipinski definition) is 1. The van der Waals surface area contributed by atoms with E-state index in [1.54, 1.807) is 0 Å². The summed E-state index contributed by atoms with van der Waals surface area (Å²) in [5.74, 6) is 0.315. The Morgan fingerprint density at radius 3 is 1.95 bits per heavy atom. The van der Waals surface area contributed by atoms with Crippen LogP contribution in [0.25, 0.3) is 0 Å². The standard InChI is InChI=1S/C11H14NO.C5H5.Fe/c1-3-6-9(2)11(13)12-10-7-4-5-8-10;1-2-4-5-3-1;/h4-8H,3H2,1-2H3,(H,12,13);1-5H;. The molecule has 0 aromatic rings. The normalized spacial score (nSPS) is 109. The van der Waals surface area contributed by atoms with Crippen molar-refractivity contribution >= 4 is 5.91 Å². The first-order valence-electron chi connectivity index (χ1n) is 8.12. The summed E-state index contributed by atoms with van der Waals surface area (Å²) in [6.07, 6.45) is 3.10. The molecule has 0 aromatic heterocycles. The van der Waals surface area contributed by atoms with Crippen molar-refractivity contribution in [3.63, 3.8) is 0 Å².